The predicted octanol–water partition coefficient (Wildman–Crippen LogP) is 2.86. The Bertz CT molecular complexity index is 480. The normalized spacial score (nSPS) is 9.87. The Hall–Kier alpha value is -2.16. The molecule has 0 aromatic heterocycles. The third-order valence-electron chi connectivity index (χ3n) is 2.03. The maximum absolute atomic E-state index is 10.6. The van der Waals surface area contributed by atoms with E-state index in [-0.39, 0.29) is 5.69 Å². The fourth-order valence-corrected chi connectivity index (χ4v) is 1.32. The first-order valence-electron chi connectivity index (χ1n) is 4.40. The first-order valence-corrected chi connectivity index (χ1v) is 4.40. The minimum atomic E-state index is -0.446. The zero-order valence-corrected chi connectivity index (χ0v) is 7.81. The summed E-state index contributed by atoms with van der Waals surface area (Å²) >= 11 is 0. The summed E-state index contributed by atoms with van der Waals surface area (Å²) in [6.07, 6.45) is 0. The first-order chi connectivity index (χ1) is 7.27. The largest absolute Gasteiger partial charge is 0.278 e. The third-order valence-corrected chi connectivity index (χ3v) is 2.03. The Morgan fingerprint density at radius 3 is 2.40 bits per heavy atom. The molecule has 0 amide bonds. The van der Waals surface area contributed by atoms with Crippen molar-refractivity contribution in [3.63, 3.8) is 0 Å². The van der Waals surface area contributed by atoms with Gasteiger partial charge < -0.3 is 0 Å². The molecule has 3 nitrogen and oxygen atoms in total. The molecule has 0 aliphatic heterocycles. The van der Waals surface area contributed by atoms with Crippen LogP contribution in [0.25, 0.3) is 11.1 Å². The first kappa shape index (κ1) is 9.40. The minimum Gasteiger partial charge on any atom is -0.258 e. The molecule has 0 saturated carbocycles. The number of non-ortho nitro benzene ring substituents is 1. The van der Waals surface area contributed by atoms with Crippen LogP contribution in [0.2, 0.25) is 0 Å². The third kappa shape index (κ3) is 2.02. The van der Waals surface area contributed by atoms with Gasteiger partial charge in [-0.3, -0.25) is 10.1 Å². The molecular weight excluding hydrogens is 190 g/mol. The van der Waals surface area contributed by atoms with Crippen LogP contribution in [0, 0.1) is 22.2 Å². The molecule has 72 valence electrons. The van der Waals surface area contributed by atoms with Crippen molar-refractivity contribution >= 4 is 5.69 Å². The average molecular weight is 197 g/mol. The molecule has 0 unspecified atom stereocenters. The number of nitro groups is 1. The zero-order valence-electron chi connectivity index (χ0n) is 7.81. The van der Waals surface area contributed by atoms with Crippen LogP contribution >= 0.6 is 0 Å². The van der Waals surface area contributed by atoms with Crippen LogP contribution in [-0.2, 0) is 0 Å². The van der Waals surface area contributed by atoms with Crippen molar-refractivity contribution < 1.29 is 4.92 Å². The van der Waals surface area contributed by atoms with E-state index in [0.717, 1.165) is 11.1 Å². The van der Waals surface area contributed by atoms with Crippen LogP contribution < -0.4 is 0 Å². The van der Waals surface area contributed by atoms with Crippen LogP contribution in [0.4, 0.5) is 5.69 Å². The summed E-state index contributed by atoms with van der Waals surface area (Å²) < 4.78 is 0. The van der Waals surface area contributed by atoms with E-state index >= 15 is 0 Å². The average Bonchev–Trinajstić information content (AvgIpc) is 2.30. The van der Waals surface area contributed by atoms with Crippen molar-refractivity contribution in [1.29, 1.82) is 0 Å². The van der Waals surface area contributed by atoms with Gasteiger partial charge in [-0.05, 0) is 23.3 Å². The SMILES string of the molecule is O=[N+]([O-])c1[c]ccc(-c2cc[c]cc2)c1. The second-order valence-electron chi connectivity index (χ2n) is 3.01. The number of nitrogens with zero attached hydrogens (tertiary/aromatic N) is 1. The highest BCUT2D eigenvalue weighted by molar-refractivity contribution is 5.65. The van der Waals surface area contributed by atoms with Crippen molar-refractivity contribution in [3.8, 4) is 11.1 Å². The Kier molecular flexibility index (Phi) is 2.46. The van der Waals surface area contributed by atoms with Crippen molar-refractivity contribution in [2.24, 2.45) is 0 Å². The second kappa shape index (κ2) is 3.92. The molecule has 0 bridgehead atoms. The maximum atomic E-state index is 10.6. The highest BCUT2D eigenvalue weighted by Gasteiger charge is 2.06. The van der Waals surface area contributed by atoms with Gasteiger partial charge in [0.15, 0.2) is 0 Å². The van der Waals surface area contributed by atoms with Gasteiger partial charge in [0.25, 0.3) is 5.69 Å². The topological polar surface area (TPSA) is 43.1 Å². The Labute approximate surface area is 87.1 Å². The van der Waals surface area contributed by atoms with E-state index in [9.17, 15) is 10.1 Å². The highest BCUT2D eigenvalue weighted by Crippen LogP contribution is 2.22. The molecule has 3 heteroatoms. The van der Waals surface area contributed by atoms with Crippen LogP contribution in [0.1, 0.15) is 0 Å². The van der Waals surface area contributed by atoms with Gasteiger partial charge >= 0.3 is 0 Å². The fraction of sp³-hybridized carbons (Fsp3) is 0. The van der Waals surface area contributed by atoms with Gasteiger partial charge in [-0.25, -0.2) is 0 Å². The predicted molar refractivity (Wildman–Crippen MR) is 56.2 cm³/mol. The molecule has 0 aliphatic rings. The van der Waals surface area contributed by atoms with E-state index in [1.807, 2.05) is 12.1 Å². The minimum absolute atomic E-state index is 0.0136. The van der Waals surface area contributed by atoms with Gasteiger partial charge in [0.2, 0.25) is 0 Å². The monoisotopic (exact) mass is 197 g/mol. The summed E-state index contributed by atoms with van der Waals surface area (Å²) in [5.41, 5.74) is 1.74. The van der Waals surface area contributed by atoms with Crippen molar-refractivity contribution in [1.82, 2.24) is 0 Å². The summed E-state index contributed by atoms with van der Waals surface area (Å²) in [5.74, 6) is 0. The van der Waals surface area contributed by atoms with Gasteiger partial charge in [-0.2, -0.15) is 0 Å². The molecule has 2 aromatic carbocycles. The molecule has 0 atom stereocenters. The number of hydrogen-bond donors (Lipinski definition) is 0. The highest BCUT2D eigenvalue weighted by atomic mass is 16.6. The molecule has 0 saturated heterocycles. The zero-order chi connectivity index (χ0) is 10.7. The summed E-state index contributed by atoms with van der Waals surface area (Å²) in [7, 11) is 0. The Balaban J connectivity index is 2.46. The van der Waals surface area contributed by atoms with E-state index in [1.54, 1.807) is 24.3 Å². The Morgan fingerprint density at radius 1 is 1.07 bits per heavy atom. The van der Waals surface area contributed by atoms with Crippen molar-refractivity contribution in [2.75, 3.05) is 0 Å². The van der Waals surface area contributed by atoms with E-state index in [1.165, 1.54) is 6.07 Å². The molecule has 0 fully saturated rings. The van der Waals surface area contributed by atoms with Gasteiger partial charge in [0.05, 0.1) is 11.0 Å². The maximum Gasteiger partial charge on any atom is 0.278 e. The lowest BCUT2D eigenvalue weighted by molar-refractivity contribution is -0.385. The lowest BCUT2D eigenvalue weighted by Gasteiger charge is -1.99. The fourth-order valence-electron chi connectivity index (χ4n) is 1.32. The van der Waals surface area contributed by atoms with Crippen LogP contribution in [0.5, 0.6) is 0 Å². The summed E-state index contributed by atoms with van der Waals surface area (Å²) in [4.78, 5) is 10.1. The van der Waals surface area contributed by atoms with Crippen molar-refractivity contribution in [3.05, 3.63) is 64.7 Å². The van der Waals surface area contributed by atoms with Crippen LogP contribution in [-0.4, -0.2) is 4.92 Å². The Morgan fingerprint density at radius 2 is 1.73 bits per heavy atom. The quantitative estimate of drug-likeness (QED) is 0.548. The molecule has 2 rings (SSSR count). The van der Waals surface area contributed by atoms with E-state index < -0.39 is 4.92 Å². The molecule has 2 radical (unpaired) electrons. The molecule has 0 spiro atoms. The van der Waals surface area contributed by atoms with Gasteiger partial charge in [0.1, 0.15) is 0 Å². The summed E-state index contributed by atoms with van der Waals surface area (Å²) in [6, 6.07) is 17.6. The number of rotatable bonds is 2. The molecule has 0 aliphatic carbocycles. The second-order valence-corrected chi connectivity index (χ2v) is 3.01. The molecular formula is C12H7NO2. The van der Waals surface area contributed by atoms with Gasteiger partial charge in [0, 0.05) is 6.07 Å². The molecule has 0 heterocycles. The van der Waals surface area contributed by atoms with E-state index in [4.69, 9.17) is 0 Å². The van der Waals surface area contributed by atoms with E-state index in [0.29, 0.717) is 0 Å². The standard InChI is InChI=1S/C12H7NO2/c14-13(15)12-8-4-7-11(9-12)10-5-2-1-3-6-10/h2-7,9H. The summed E-state index contributed by atoms with van der Waals surface area (Å²) in [6.45, 7) is 0. The van der Waals surface area contributed by atoms with Gasteiger partial charge in [-0.15, -0.1) is 0 Å². The van der Waals surface area contributed by atoms with Crippen molar-refractivity contribution in [2.45, 2.75) is 0 Å². The van der Waals surface area contributed by atoms with Crippen LogP contribution in [0.15, 0.2) is 42.5 Å². The summed E-state index contributed by atoms with van der Waals surface area (Å²) in [5, 5.41) is 10.6. The lowest BCUT2D eigenvalue weighted by atomic mass is 10.1. The number of benzene rings is 2. The number of hydrogen-bond acceptors (Lipinski definition) is 2. The molecule has 15 heavy (non-hydrogen) atoms. The van der Waals surface area contributed by atoms with E-state index in [2.05, 4.69) is 12.1 Å². The smallest absolute Gasteiger partial charge is 0.258 e. The van der Waals surface area contributed by atoms with Gasteiger partial charge in [-0.1, -0.05) is 30.3 Å². The molecule has 0 N–H and O–H groups in total. The molecule has 2 aromatic rings. The lowest BCUT2D eigenvalue weighted by Crippen LogP contribution is -1.88. The number of nitro benzene ring substituents is 1. The van der Waals surface area contributed by atoms with Crippen LogP contribution in [0.3, 0.4) is 0 Å².